The van der Waals surface area contributed by atoms with Crippen molar-refractivity contribution in [1.29, 1.82) is 0 Å². The van der Waals surface area contributed by atoms with E-state index in [2.05, 4.69) is 291 Å². The molecule has 4 aromatic heterocycles. The fourth-order valence-electron chi connectivity index (χ4n) is 12.4. The Kier molecular flexibility index (Phi) is 10.5. The fourth-order valence-corrected chi connectivity index (χ4v) is 12.4. The predicted molar refractivity (Wildman–Crippen MR) is 301 cm³/mol. The van der Waals surface area contributed by atoms with Crippen molar-refractivity contribution in [3.63, 3.8) is 0 Å². The van der Waals surface area contributed by atoms with Crippen LogP contribution in [0.2, 0.25) is 0 Å². The summed E-state index contributed by atoms with van der Waals surface area (Å²) in [5, 5.41) is 0. The summed E-state index contributed by atoms with van der Waals surface area (Å²) < 4.78 is 0. The molecule has 2 aliphatic rings. The lowest BCUT2D eigenvalue weighted by Gasteiger charge is -2.38. The highest BCUT2D eigenvalue weighted by molar-refractivity contribution is 5.74. The van der Waals surface area contributed by atoms with E-state index in [4.69, 9.17) is 19.9 Å². The van der Waals surface area contributed by atoms with E-state index in [9.17, 15) is 0 Å². The van der Waals surface area contributed by atoms with Gasteiger partial charge in [-0.3, -0.25) is 19.9 Å². The third-order valence-electron chi connectivity index (χ3n) is 15.7. The van der Waals surface area contributed by atoms with Crippen LogP contribution in [0.5, 0.6) is 0 Å². The number of pyridine rings is 4. The molecule has 1 spiro atoms. The van der Waals surface area contributed by atoms with Gasteiger partial charge in [0, 0.05) is 22.3 Å². The van der Waals surface area contributed by atoms with Crippen molar-refractivity contribution in [2.45, 2.75) is 16.2 Å². The van der Waals surface area contributed by atoms with E-state index in [0.29, 0.717) is 0 Å². The summed E-state index contributed by atoms with van der Waals surface area (Å²) in [6.07, 6.45) is 0. The zero-order valence-electron chi connectivity index (χ0n) is 41.0. The first kappa shape index (κ1) is 44.1. The maximum Gasteiger partial charge on any atom is 0.138 e. The van der Waals surface area contributed by atoms with E-state index >= 15 is 0 Å². The molecule has 6 heterocycles. The molecule has 16 bridgehead atoms. The second-order valence-corrected chi connectivity index (χ2v) is 19.7. The van der Waals surface area contributed by atoms with Gasteiger partial charge in [-0.05, 0) is 117 Å². The summed E-state index contributed by atoms with van der Waals surface area (Å²) >= 11 is 0. The molecular weight excluding hydrogens is 909 g/mol. The highest BCUT2D eigenvalue weighted by atomic mass is 14.9. The lowest BCUT2D eigenvalue weighted by Crippen LogP contribution is -2.35. The lowest BCUT2D eigenvalue weighted by atomic mass is 9.64. The van der Waals surface area contributed by atoms with Gasteiger partial charge in [0.2, 0.25) is 0 Å². The largest absolute Gasteiger partial charge is 0.251 e. The Morgan fingerprint density at radius 1 is 0.173 bits per heavy atom. The number of nitrogens with zero attached hydrogens (tertiary/aromatic N) is 4. The van der Waals surface area contributed by atoms with Crippen molar-refractivity contribution in [3.8, 4) is 45.0 Å². The Morgan fingerprint density at radius 3 is 0.627 bits per heavy atom. The first-order chi connectivity index (χ1) is 37.1. The SMILES string of the molecule is c1ccc(C2(c3ccccc3)c3cccc(c3)-c3cccc(n3)C3(c4cccc(n4)-c4cccc2c4)c2cccc(n2)-c2cccc(c2)C(c2ccccc2)(c2ccccc2)c2cccc(c2)-c2cccc3n2)cc1. The van der Waals surface area contributed by atoms with Crippen LogP contribution in [0, 0.1) is 0 Å². The topological polar surface area (TPSA) is 51.6 Å². The second kappa shape index (κ2) is 17.8. The first-order valence-electron chi connectivity index (χ1n) is 25.7. The van der Waals surface area contributed by atoms with Gasteiger partial charge in [-0.25, -0.2) is 0 Å². The molecule has 14 rings (SSSR count). The number of hydrogen-bond acceptors (Lipinski definition) is 4. The van der Waals surface area contributed by atoms with Gasteiger partial charge in [-0.2, -0.15) is 0 Å². The Hall–Kier alpha value is -9.64. The summed E-state index contributed by atoms with van der Waals surface area (Å²) in [6.45, 7) is 0. The van der Waals surface area contributed by atoms with E-state index in [0.717, 1.165) is 90.1 Å². The Labute approximate surface area is 437 Å². The molecule has 0 fully saturated rings. The minimum absolute atomic E-state index is 0.689. The quantitative estimate of drug-likeness (QED) is 0.176. The predicted octanol–water partition coefficient (Wildman–Crippen LogP) is 15.7. The molecule has 0 N–H and O–H groups in total. The van der Waals surface area contributed by atoms with Gasteiger partial charge >= 0.3 is 0 Å². The van der Waals surface area contributed by atoms with Gasteiger partial charge in [-0.15, -0.1) is 0 Å². The van der Waals surface area contributed by atoms with Crippen molar-refractivity contribution in [2.24, 2.45) is 0 Å². The van der Waals surface area contributed by atoms with E-state index in [1.807, 2.05) is 0 Å². The van der Waals surface area contributed by atoms with Crippen LogP contribution < -0.4 is 0 Å². The Morgan fingerprint density at radius 2 is 0.387 bits per heavy atom. The van der Waals surface area contributed by atoms with Crippen molar-refractivity contribution >= 4 is 0 Å². The average molecular weight is 957 g/mol. The fraction of sp³-hybridized carbons (Fsp3) is 0.0423. The maximum atomic E-state index is 5.81. The van der Waals surface area contributed by atoms with Gasteiger partial charge in [0.05, 0.1) is 56.4 Å². The van der Waals surface area contributed by atoms with Crippen LogP contribution in [0.15, 0.2) is 291 Å². The highest BCUT2D eigenvalue weighted by Gasteiger charge is 2.46. The maximum absolute atomic E-state index is 5.81. The van der Waals surface area contributed by atoms with Gasteiger partial charge < -0.3 is 0 Å². The molecule has 352 valence electrons. The molecule has 0 radical (unpaired) electrons. The molecule has 75 heavy (non-hydrogen) atoms. The van der Waals surface area contributed by atoms with Gasteiger partial charge in [0.1, 0.15) is 5.41 Å². The van der Waals surface area contributed by atoms with Crippen molar-refractivity contribution in [1.82, 2.24) is 19.9 Å². The number of aromatic nitrogens is 4. The molecule has 0 amide bonds. The van der Waals surface area contributed by atoms with Crippen LogP contribution >= 0.6 is 0 Å². The first-order valence-corrected chi connectivity index (χ1v) is 25.7. The standard InChI is InChI=1S/C71H48N4/c1-5-25-53(26-6-1)69(54-27-7-2-8-28-54)57-33-13-21-49(45-57)61-37-17-41-65(72-61)71(66-42-18-38-62(73-66)50-22-14-34-58(69)46-50)67-43-19-39-63(74-67)51-23-15-35-59(47-51)70(55-29-9-3-10-30-55,56-31-11-4-12-32-56)60-36-16-24-52(48-60)64-40-20-44-68(71)75-64/h1-48H. The monoisotopic (exact) mass is 956 g/mol. The van der Waals surface area contributed by atoms with Crippen LogP contribution in [0.1, 0.15) is 67.3 Å². The van der Waals surface area contributed by atoms with Crippen LogP contribution in [-0.4, -0.2) is 19.9 Å². The second-order valence-electron chi connectivity index (χ2n) is 19.7. The number of rotatable bonds is 4. The van der Waals surface area contributed by atoms with E-state index in [1.165, 1.54) is 22.3 Å². The molecule has 0 unspecified atom stereocenters. The lowest BCUT2D eigenvalue weighted by molar-refractivity contribution is 0.645. The van der Waals surface area contributed by atoms with Gasteiger partial charge in [0.25, 0.3) is 0 Å². The van der Waals surface area contributed by atoms with E-state index < -0.39 is 16.2 Å². The molecule has 2 aliphatic heterocycles. The molecule has 0 saturated carbocycles. The number of benzene rings is 8. The highest BCUT2D eigenvalue weighted by Crippen LogP contribution is 2.51. The molecular formula is C71H48N4. The normalized spacial score (nSPS) is 14.2. The van der Waals surface area contributed by atoms with Crippen LogP contribution in [0.25, 0.3) is 45.0 Å². The smallest absolute Gasteiger partial charge is 0.138 e. The van der Waals surface area contributed by atoms with E-state index in [1.54, 1.807) is 0 Å². The Balaban J connectivity index is 1.09. The van der Waals surface area contributed by atoms with Gasteiger partial charge in [-0.1, -0.05) is 218 Å². The van der Waals surface area contributed by atoms with Crippen LogP contribution in [0.3, 0.4) is 0 Å². The average Bonchev–Trinajstić information content (AvgIpc) is 3.50. The molecule has 4 nitrogen and oxygen atoms in total. The van der Waals surface area contributed by atoms with Crippen molar-refractivity contribution in [3.05, 3.63) is 358 Å². The van der Waals surface area contributed by atoms with E-state index in [-0.39, 0.29) is 0 Å². The molecule has 12 aromatic rings. The number of hydrogen-bond donors (Lipinski definition) is 0. The minimum atomic E-state index is -1.22. The third-order valence-corrected chi connectivity index (χ3v) is 15.7. The number of fused-ring (bicyclic) bond motifs is 24. The van der Waals surface area contributed by atoms with Crippen LogP contribution in [-0.2, 0) is 16.2 Å². The van der Waals surface area contributed by atoms with Gasteiger partial charge in [0.15, 0.2) is 0 Å². The molecule has 0 atom stereocenters. The summed E-state index contributed by atoms with van der Waals surface area (Å²) in [4.78, 5) is 23.2. The Bertz CT molecular complexity index is 3540. The minimum Gasteiger partial charge on any atom is -0.251 e. The summed E-state index contributed by atoms with van der Waals surface area (Å²) in [5.74, 6) is 0. The van der Waals surface area contributed by atoms with Crippen LogP contribution in [0.4, 0.5) is 0 Å². The summed E-state index contributed by atoms with van der Waals surface area (Å²) in [7, 11) is 0. The molecule has 0 aliphatic carbocycles. The summed E-state index contributed by atoms with van der Waals surface area (Å²) in [5.41, 5.74) is 16.9. The molecule has 8 aromatic carbocycles. The van der Waals surface area contributed by atoms with Crippen molar-refractivity contribution in [2.75, 3.05) is 0 Å². The summed E-state index contributed by atoms with van der Waals surface area (Å²) in [6, 6.07) is 105. The third kappa shape index (κ3) is 6.91. The van der Waals surface area contributed by atoms with Crippen molar-refractivity contribution < 1.29 is 0 Å². The molecule has 0 saturated heterocycles. The zero-order chi connectivity index (χ0) is 49.8. The molecule has 4 heteroatoms. The zero-order valence-corrected chi connectivity index (χ0v) is 41.0.